The number of nitrogens with two attached hydrogens (primary N) is 1. The van der Waals surface area contributed by atoms with Gasteiger partial charge in [-0.25, -0.2) is 4.79 Å². The summed E-state index contributed by atoms with van der Waals surface area (Å²) in [6, 6.07) is 19.8. The molecule has 2 atom stereocenters. The molecule has 0 fully saturated rings. The molecule has 0 radical (unpaired) electrons. The van der Waals surface area contributed by atoms with Gasteiger partial charge >= 0.3 is 11.5 Å². The topological polar surface area (TPSA) is 105 Å². The molecule has 0 aliphatic carbocycles. The molecule has 0 saturated heterocycles. The van der Waals surface area contributed by atoms with Crippen LogP contribution in [0.1, 0.15) is 33.8 Å². The molecule has 4 rings (SSSR count). The average Bonchev–Trinajstić information content (AvgIpc) is 3.28. The van der Waals surface area contributed by atoms with Crippen molar-refractivity contribution in [1.29, 1.82) is 0 Å². The predicted octanol–water partition coefficient (Wildman–Crippen LogP) is 6.37. The lowest BCUT2D eigenvalue weighted by atomic mass is 9.84. The fraction of sp³-hybridized carbons (Fsp3) is 0.214. The summed E-state index contributed by atoms with van der Waals surface area (Å²) >= 11 is -0.194. The molecule has 1 heterocycles. The van der Waals surface area contributed by atoms with Gasteiger partial charge in [0.05, 0.1) is 18.1 Å². The Morgan fingerprint density at radius 3 is 2.47 bits per heavy atom. The first-order valence-corrected chi connectivity index (χ1v) is 12.6. The highest BCUT2D eigenvalue weighted by Crippen LogP contribution is 2.38. The van der Waals surface area contributed by atoms with Gasteiger partial charge in [0.15, 0.2) is 0 Å². The molecule has 0 saturated carbocycles. The molecular weight excluding hydrogens is 517 g/mol. The Kier molecular flexibility index (Phi) is 8.31. The number of thioether (sulfide) groups is 1. The Labute approximate surface area is 221 Å². The number of halogens is 3. The van der Waals surface area contributed by atoms with E-state index >= 15 is 0 Å². The maximum Gasteiger partial charge on any atom is 0.446 e. The van der Waals surface area contributed by atoms with Gasteiger partial charge in [0.25, 0.3) is 0 Å². The SMILES string of the molecule is NC(=O)C(COc1ccccc1)CC(Cc1cccc(SC(F)(F)F)c1)c1c[nH]c2ccc(C(=O)O)cc12. The second-order valence-electron chi connectivity index (χ2n) is 8.86. The van der Waals surface area contributed by atoms with E-state index in [1.54, 1.807) is 54.7 Å². The monoisotopic (exact) mass is 542 g/mol. The number of aromatic carboxylic acids is 1. The zero-order chi connectivity index (χ0) is 27.3. The number of nitrogens with one attached hydrogen (secondary N) is 1. The van der Waals surface area contributed by atoms with Gasteiger partial charge in [-0.15, -0.1) is 0 Å². The van der Waals surface area contributed by atoms with Crippen molar-refractivity contribution >= 4 is 34.5 Å². The summed E-state index contributed by atoms with van der Waals surface area (Å²) in [5.74, 6) is -2.17. The van der Waals surface area contributed by atoms with Crippen molar-refractivity contribution in [2.24, 2.45) is 11.7 Å². The van der Waals surface area contributed by atoms with Crippen molar-refractivity contribution in [3.05, 3.63) is 95.7 Å². The fourth-order valence-electron chi connectivity index (χ4n) is 4.41. The summed E-state index contributed by atoms with van der Waals surface area (Å²) in [7, 11) is 0. The van der Waals surface area contributed by atoms with Crippen molar-refractivity contribution < 1.29 is 32.6 Å². The zero-order valence-electron chi connectivity index (χ0n) is 20.1. The summed E-state index contributed by atoms with van der Waals surface area (Å²) < 4.78 is 44.7. The van der Waals surface area contributed by atoms with E-state index in [2.05, 4.69) is 4.98 Å². The van der Waals surface area contributed by atoms with E-state index in [0.717, 1.165) is 5.56 Å². The van der Waals surface area contributed by atoms with E-state index in [1.807, 2.05) is 6.07 Å². The van der Waals surface area contributed by atoms with E-state index < -0.39 is 23.3 Å². The molecular formula is C28H25F3N2O4S. The molecule has 10 heteroatoms. The number of primary amides is 1. The molecule has 0 bridgehead atoms. The number of ether oxygens (including phenoxy) is 1. The number of rotatable bonds is 11. The highest BCUT2D eigenvalue weighted by atomic mass is 32.2. The average molecular weight is 543 g/mol. The minimum atomic E-state index is -4.42. The van der Waals surface area contributed by atoms with Crippen molar-refractivity contribution in [3.8, 4) is 5.75 Å². The molecule has 1 amide bonds. The highest BCUT2D eigenvalue weighted by Gasteiger charge is 2.30. The number of carboxylic acid groups (broad SMARTS) is 1. The Hall–Kier alpha value is -3.92. The number of aromatic nitrogens is 1. The van der Waals surface area contributed by atoms with Crippen LogP contribution in [-0.4, -0.2) is 34.1 Å². The van der Waals surface area contributed by atoms with Crippen molar-refractivity contribution in [3.63, 3.8) is 0 Å². The molecule has 4 N–H and O–H groups in total. The summed E-state index contributed by atoms with van der Waals surface area (Å²) in [4.78, 5) is 27.2. The minimum absolute atomic E-state index is 0.0164. The molecule has 4 aromatic rings. The maximum absolute atomic E-state index is 13.0. The number of carbonyl (C=O) groups excluding carboxylic acids is 1. The third kappa shape index (κ3) is 7.10. The van der Waals surface area contributed by atoms with Crippen molar-refractivity contribution in [2.45, 2.75) is 29.2 Å². The number of H-pyrrole nitrogens is 1. The number of carboxylic acids is 1. The molecule has 0 aliphatic heterocycles. The van der Waals surface area contributed by atoms with Crippen LogP contribution in [0.25, 0.3) is 10.9 Å². The van der Waals surface area contributed by atoms with Crippen LogP contribution in [0.3, 0.4) is 0 Å². The second kappa shape index (κ2) is 11.6. The zero-order valence-corrected chi connectivity index (χ0v) is 20.9. The second-order valence-corrected chi connectivity index (χ2v) is 10.0. The standard InChI is InChI=1S/C28H25F3N2O4S/c29-28(30,31)38-22-8-4-5-17(12-22)11-19(13-20(26(32)34)16-37-21-6-2-1-3-7-21)24-15-33-25-10-9-18(27(35)36)14-23(24)25/h1-10,12,14-15,19-20,33H,11,13,16H2,(H2,32,34)(H,35,36). The quantitative estimate of drug-likeness (QED) is 0.191. The number of aromatic amines is 1. The maximum atomic E-state index is 13.0. The molecule has 0 aliphatic rings. The summed E-state index contributed by atoms with van der Waals surface area (Å²) in [5.41, 5.74) is 3.49. The van der Waals surface area contributed by atoms with Gasteiger partial charge in [-0.1, -0.05) is 30.3 Å². The largest absolute Gasteiger partial charge is 0.493 e. The van der Waals surface area contributed by atoms with E-state index in [9.17, 15) is 27.9 Å². The molecule has 3 aromatic carbocycles. The predicted molar refractivity (Wildman–Crippen MR) is 139 cm³/mol. The summed E-state index contributed by atoms with van der Waals surface area (Å²) in [6.45, 7) is 0.0164. The van der Waals surface area contributed by atoms with Gasteiger partial charge in [0, 0.05) is 22.0 Å². The number of carbonyl (C=O) groups is 2. The van der Waals surface area contributed by atoms with Crippen LogP contribution in [0, 0.1) is 5.92 Å². The number of hydrogen-bond donors (Lipinski definition) is 3. The first-order valence-electron chi connectivity index (χ1n) is 11.7. The van der Waals surface area contributed by atoms with Gasteiger partial charge in [0.1, 0.15) is 5.75 Å². The normalized spacial score (nSPS) is 13.2. The lowest BCUT2D eigenvalue weighted by Crippen LogP contribution is -2.30. The first-order chi connectivity index (χ1) is 18.1. The van der Waals surface area contributed by atoms with Crippen molar-refractivity contribution in [1.82, 2.24) is 4.98 Å². The third-order valence-corrected chi connectivity index (χ3v) is 6.90. The minimum Gasteiger partial charge on any atom is -0.493 e. The smallest absolute Gasteiger partial charge is 0.446 e. The number of benzene rings is 3. The highest BCUT2D eigenvalue weighted by molar-refractivity contribution is 8.00. The van der Waals surface area contributed by atoms with E-state index in [1.165, 1.54) is 18.2 Å². The molecule has 198 valence electrons. The lowest BCUT2D eigenvalue weighted by Gasteiger charge is -2.23. The fourth-order valence-corrected chi connectivity index (χ4v) is 5.03. The van der Waals surface area contributed by atoms with Gasteiger partial charge in [0.2, 0.25) is 5.91 Å². The Morgan fingerprint density at radius 2 is 1.79 bits per heavy atom. The van der Waals surface area contributed by atoms with Gasteiger partial charge < -0.3 is 20.6 Å². The van der Waals surface area contributed by atoms with E-state index in [-0.39, 0.29) is 41.2 Å². The number of alkyl halides is 3. The van der Waals surface area contributed by atoms with E-state index in [0.29, 0.717) is 28.6 Å². The van der Waals surface area contributed by atoms with Gasteiger partial charge in [-0.05, 0) is 84.1 Å². The Balaban J connectivity index is 1.68. The molecule has 1 aromatic heterocycles. The van der Waals surface area contributed by atoms with Crippen LogP contribution in [0.5, 0.6) is 5.75 Å². The van der Waals surface area contributed by atoms with Crippen LogP contribution in [-0.2, 0) is 11.2 Å². The molecule has 2 unspecified atom stereocenters. The van der Waals surface area contributed by atoms with Crippen LogP contribution < -0.4 is 10.5 Å². The third-order valence-electron chi connectivity index (χ3n) is 6.18. The lowest BCUT2D eigenvalue weighted by molar-refractivity contribution is -0.123. The van der Waals surface area contributed by atoms with Gasteiger partial charge in [-0.2, -0.15) is 13.2 Å². The number of para-hydroxylation sites is 1. The van der Waals surface area contributed by atoms with Crippen LogP contribution in [0.2, 0.25) is 0 Å². The van der Waals surface area contributed by atoms with Crippen LogP contribution >= 0.6 is 11.8 Å². The molecule has 0 spiro atoms. The summed E-state index contributed by atoms with van der Waals surface area (Å²) in [6.07, 6.45) is 2.28. The van der Waals surface area contributed by atoms with E-state index in [4.69, 9.17) is 10.5 Å². The molecule has 6 nitrogen and oxygen atoms in total. The number of hydrogen-bond acceptors (Lipinski definition) is 4. The van der Waals surface area contributed by atoms with Crippen LogP contribution in [0.15, 0.2) is 83.9 Å². The van der Waals surface area contributed by atoms with Gasteiger partial charge in [-0.3, -0.25) is 4.79 Å². The van der Waals surface area contributed by atoms with Crippen molar-refractivity contribution in [2.75, 3.05) is 6.61 Å². The Bertz CT molecular complexity index is 1420. The summed E-state index contributed by atoms with van der Waals surface area (Å²) in [5, 5.41) is 10.1. The Morgan fingerprint density at radius 1 is 1.03 bits per heavy atom. The number of fused-ring (bicyclic) bond motifs is 1. The number of amides is 1. The van der Waals surface area contributed by atoms with Crippen LogP contribution in [0.4, 0.5) is 13.2 Å². The first kappa shape index (κ1) is 27.1. The molecule has 38 heavy (non-hydrogen) atoms.